The van der Waals surface area contributed by atoms with Crippen LogP contribution in [0.3, 0.4) is 0 Å². The Balaban J connectivity index is 1.49. The minimum Gasteiger partial charge on any atom is -0.450 e. The highest BCUT2D eigenvalue weighted by molar-refractivity contribution is 9.10. The van der Waals surface area contributed by atoms with Crippen molar-refractivity contribution in [1.29, 1.82) is 0 Å². The molecular formula is C24H15BrF3N3O5. The predicted molar refractivity (Wildman–Crippen MR) is 126 cm³/mol. The third-order valence-electron chi connectivity index (χ3n) is 5.12. The van der Waals surface area contributed by atoms with Crippen LogP contribution in [0.4, 0.5) is 23.7 Å². The van der Waals surface area contributed by atoms with Crippen molar-refractivity contribution >= 4 is 39.6 Å². The number of carbonyl (C=O) groups excluding carboxylic acids is 2. The van der Waals surface area contributed by atoms with Crippen molar-refractivity contribution in [1.82, 2.24) is 10.2 Å². The van der Waals surface area contributed by atoms with Gasteiger partial charge in [-0.1, -0.05) is 40.2 Å². The van der Waals surface area contributed by atoms with E-state index in [-0.39, 0.29) is 23.7 Å². The molecule has 0 aliphatic carbocycles. The quantitative estimate of drug-likeness (QED) is 0.165. The number of benzene rings is 3. The van der Waals surface area contributed by atoms with Gasteiger partial charge in [-0.15, -0.1) is 0 Å². The first-order valence-electron chi connectivity index (χ1n) is 10.2. The Hall–Kier alpha value is -4.19. The van der Waals surface area contributed by atoms with E-state index < -0.39 is 34.3 Å². The molecule has 1 saturated heterocycles. The number of nitrogens with one attached hydrogen (secondary N) is 1. The lowest BCUT2D eigenvalue weighted by atomic mass is 10.1. The van der Waals surface area contributed by atoms with Gasteiger partial charge < -0.3 is 10.1 Å². The summed E-state index contributed by atoms with van der Waals surface area (Å²) < 4.78 is 44.9. The van der Waals surface area contributed by atoms with Gasteiger partial charge >= 0.3 is 17.9 Å². The highest BCUT2D eigenvalue weighted by Gasteiger charge is 2.34. The molecule has 1 N–H and O–H groups in total. The van der Waals surface area contributed by atoms with Crippen LogP contribution < -0.4 is 10.1 Å². The lowest BCUT2D eigenvalue weighted by Crippen LogP contribution is -2.30. The van der Waals surface area contributed by atoms with Gasteiger partial charge in [0.1, 0.15) is 11.4 Å². The van der Waals surface area contributed by atoms with Gasteiger partial charge in [0.05, 0.1) is 17.0 Å². The summed E-state index contributed by atoms with van der Waals surface area (Å²) in [4.78, 5) is 36.3. The Morgan fingerprint density at radius 2 is 1.69 bits per heavy atom. The van der Waals surface area contributed by atoms with E-state index >= 15 is 0 Å². The smallest absolute Gasteiger partial charge is 0.416 e. The molecule has 1 aliphatic heterocycles. The number of rotatable bonds is 6. The van der Waals surface area contributed by atoms with Crippen molar-refractivity contribution in [3.63, 3.8) is 0 Å². The van der Waals surface area contributed by atoms with Crippen molar-refractivity contribution in [2.75, 3.05) is 0 Å². The molecule has 0 atom stereocenters. The molecule has 0 bridgehead atoms. The zero-order chi connectivity index (χ0) is 26.0. The fraction of sp³-hybridized carbons (Fsp3) is 0.0833. The molecular weight excluding hydrogens is 547 g/mol. The molecule has 3 amide bonds. The standard InChI is InChI=1S/C24H15BrF3N3O5/c25-17-6-1-15(2-7-17)13-30-22(32)19(29-23(30)33)11-14-3-8-18(9-4-14)36-21-10-5-16(24(26,27)28)12-20(21)31(34)35/h1-12H,13H2,(H,29,33)/b19-11-. The maximum absolute atomic E-state index is 12.9. The molecule has 3 aromatic rings. The Bertz CT molecular complexity index is 1370. The molecule has 0 unspecified atom stereocenters. The number of amides is 3. The first-order chi connectivity index (χ1) is 17.0. The molecule has 1 aliphatic rings. The van der Waals surface area contributed by atoms with Crippen LogP contribution in [-0.4, -0.2) is 21.8 Å². The van der Waals surface area contributed by atoms with Crippen molar-refractivity contribution in [2.45, 2.75) is 12.7 Å². The molecule has 184 valence electrons. The van der Waals surface area contributed by atoms with Gasteiger partial charge in [0, 0.05) is 10.5 Å². The average molecular weight is 562 g/mol. The molecule has 3 aromatic carbocycles. The second-order valence-corrected chi connectivity index (χ2v) is 8.53. The molecule has 1 fully saturated rings. The van der Waals surface area contributed by atoms with Crippen LogP contribution in [0.2, 0.25) is 0 Å². The fourth-order valence-corrected chi connectivity index (χ4v) is 3.60. The van der Waals surface area contributed by atoms with E-state index in [0.29, 0.717) is 17.7 Å². The summed E-state index contributed by atoms with van der Waals surface area (Å²) in [5, 5.41) is 13.7. The zero-order valence-corrected chi connectivity index (χ0v) is 19.7. The van der Waals surface area contributed by atoms with Crippen LogP contribution in [0, 0.1) is 10.1 Å². The van der Waals surface area contributed by atoms with Crippen molar-refractivity contribution < 1.29 is 32.4 Å². The number of carbonyl (C=O) groups is 2. The first kappa shape index (κ1) is 24.9. The normalized spacial score (nSPS) is 14.8. The second kappa shape index (κ2) is 9.82. The summed E-state index contributed by atoms with van der Waals surface area (Å²) in [7, 11) is 0. The topological polar surface area (TPSA) is 102 Å². The van der Waals surface area contributed by atoms with Crippen LogP contribution >= 0.6 is 15.9 Å². The fourth-order valence-electron chi connectivity index (χ4n) is 3.34. The summed E-state index contributed by atoms with van der Waals surface area (Å²) in [6, 6.07) is 14.5. The highest BCUT2D eigenvalue weighted by atomic mass is 79.9. The second-order valence-electron chi connectivity index (χ2n) is 7.61. The van der Waals surface area contributed by atoms with Gasteiger partial charge in [0.25, 0.3) is 5.91 Å². The molecule has 8 nitrogen and oxygen atoms in total. The Kier molecular flexibility index (Phi) is 6.80. The predicted octanol–water partition coefficient (Wildman–Crippen LogP) is 6.26. The van der Waals surface area contributed by atoms with E-state index in [1.165, 1.54) is 30.3 Å². The van der Waals surface area contributed by atoms with E-state index in [9.17, 15) is 32.9 Å². The number of halogens is 4. The molecule has 0 spiro atoms. The largest absolute Gasteiger partial charge is 0.450 e. The summed E-state index contributed by atoms with van der Waals surface area (Å²) >= 11 is 3.32. The van der Waals surface area contributed by atoms with Crippen molar-refractivity contribution in [3.05, 3.63) is 104 Å². The summed E-state index contributed by atoms with van der Waals surface area (Å²) in [5.41, 5.74) is -0.661. The minimum absolute atomic E-state index is 0.0594. The molecule has 0 aromatic heterocycles. The van der Waals surface area contributed by atoms with Gasteiger partial charge in [-0.2, -0.15) is 13.2 Å². The van der Waals surface area contributed by atoms with Crippen molar-refractivity contribution in [2.24, 2.45) is 0 Å². The Morgan fingerprint density at radius 1 is 1.03 bits per heavy atom. The maximum Gasteiger partial charge on any atom is 0.416 e. The number of ether oxygens (including phenoxy) is 1. The SMILES string of the molecule is O=C1N/C(=C\c2ccc(Oc3ccc(C(F)(F)F)cc3[N+](=O)[O-])cc2)C(=O)N1Cc1ccc(Br)cc1. The van der Waals surface area contributed by atoms with Gasteiger partial charge in [-0.3, -0.25) is 19.8 Å². The minimum atomic E-state index is -4.74. The molecule has 4 rings (SSSR count). The van der Waals surface area contributed by atoms with Gasteiger partial charge in [-0.25, -0.2) is 4.79 Å². The van der Waals surface area contributed by atoms with Crippen molar-refractivity contribution in [3.8, 4) is 11.5 Å². The van der Waals surface area contributed by atoms with Gasteiger partial charge in [0.2, 0.25) is 5.75 Å². The first-order valence-corrected chi connectivity index (χ1v) is 11.0. The number of nitro groups is 1. The molecule has 36 heavy (non-hydrogen) atoms. The number of nitro benzene ring substituents is 1. The van der Waals surface area contributed by atoms with Gasteiger partial charge in [0.15, 0.2) is 0 Å². The Morgan fingerprint density at radius 3 is 2.31 bits per heavy atom. The third-order valence-corrected chi connectivity index (χ3v) is 5.65. The lowest BCUT2D eigenvalue weighted by molar-refractivity contribution is -0.385. The summed E-state index contributed by atoms with van der Waals surface area (Å²) in [6.45, 7) is 0.0912. The van der Waals surface area contributed by atoms with E-state index in [2.05, 4.69) is 21.2 Å². The molecule has 0 radical (unpaired) electrons. The van der Waals surface area contributed by atoms with E-state index in [1.54, 1.807) is 24.3 Å². The van der Waals surface area contributed by atoms with E-state index in [1.807, 2.05) is 0 Å². The average Bonchev–Trinajstić information content (AvgIpc) is 3.08. The van der Waals surface area contributed by atoms with Crippen LogP contribution in [0.25, 0.3) is 6.08 Å². The van der Waals surface area contributed by atoms with E-state index in [4.69, 9.17) is 4.74 Å². The van der Waals surface area contributed by atoms with Crippen LogP contribution in [0.1, 0.15) is 16.7 Å². The number of hydrogen-bond donors (Lipinski definition) is 1. The summed E-state index contributed by atoms with van der Waals surface area (Å²) in [5.74, 6) is -0.747. The van der Waals surface area contributed by atoms with Gasteiger partial charge in [-0.05, 0) is 53.6 Å². The van der Waals surface area contributed by atoms with Crippen LogP contribution in [0.5, 0.6) is 11.5 Å². The molecule has 1 heterocycles. The monoisotopic (exact) mass is 561 g/mol. The van der Waals surface area contributed by atoms with E-state index in [0.717, 1.165) is 21.0 Å². The number of nitrogens with zero attached hydrogens (tertiary/aromatic N) is 2. The summed E-state index contributed by atoms with van der Waals surface area (Å²) in [6.07, 6.45) is -3.29. The third kappa shape index (κ3) is 5.54. The molecule has 0 saturated carbocycles. The lowest BCUT2D eigenvalue weighted by Gasteiger charge is -2.11. The van der Waals surface area contributed by atoms with Crippen LogP contribution in [-0.2, 0) is 17.5 Å². The molecule has 12 heteroatoms. The number of imide groups is 1. The zero-order valence-electron chi connectivity index (χ0n) is 18.1. The maximum atomic E-state index is 12.9. The van der Waals surface area contributed by atoms with Crippen LogP contribution in [0.15, 0.2) is 76.9 Å². The number of urea groups is 1. The highest BCUT2D eigenvalue weighted by Crippen LogP contribution is 2.38. The number of alkyl halides is 3. The Labute approximate surface area is 210 Å². The number of hydrogen-bond acceptors (Lipinski definition) is 5.